The third-order valence-electron chi connectivity index (χ3n) is 5.29. The number of nitrogens with zero attached hydrogens (tertiary/aromatic N) is 1. The molecule has 0 aliphatic heterocycles. The van der Waals surface area contributed by atoms with E-state index in [1.54, 1.807) is 24.3 Å². The van der Waals surface area contributed by atoms with Gasteiger partial charge in [-0.2, -0.15) is 0 Å². The van der Waals surface area contributed by atoms with E-state index in [9.17, 15) is 18.7 Å². The van der Waals surface area contributed by atoms with Crippen LogP contribution in [0.3, 0.4) is 0 Å². The Morgan fingerprint density at radius 2 is 1.85 bits per heavy atom. The van der Waals surface area contributed by atoms with Crippen molar-refractivity contribution < 1.29 is 28.2 Å². The zero-order chi connectivity index (χ0) is 24.4. The molecule has 0 amide bonds. The van der Waals surface area contributed by atoms with Crippen molar-refractivity contribution in [3.05, 3.63) is 100 Å². The molecular formula is C26H20ClF2NO4. The third kappa shape index (κ3) is 4.61. The molecule has 8 heteroatoms. The van der Waals surface area contributed by atoms with Gasteiger partial charge in [-0.25, -0.2) is 13.6 Å². The summed E-state index contributed by atoms with van der Waals surface area (Å²) in [7, 11) is 1.26. The molecule has 0 aliphatic rings. The Balaban J connectivity index is 1.79. The molecule has 34 heavy (non-hydrogen) atoms. The van der Waals surface area contributed by atoms with E-state index in [1.807, 2.05) is 23.6 Å². The van der Waals surface area contributed by atoms with Crippen LogP contribution in [0, 0.1) is 18.6 Å². The first kappa shape index (κ1) is 23.3. The third-order valence-corrected chi connectivity index (χ3v) is 5.53. The first-order valence-electron chi connectivity index (χ1n) is 10.2. The van der Waals surface area contributed by atoms with Crippen molar-refractivity contribution in [3.8, 4) is 28.4 Å². The van der Waals surface area contributed by atoms with E-state index in [-0.39, 0.29) is 23.5 Å². The minimum absolute atomic E-state index is 0.0724. The lowest BCUT2D eigenvalue weighted by Crippen LogP contribution is -2.06. The summed E-state index contributed by atoms with van der Waals surface area (Å²) in [6, 6.07) is 17.0. The lowest BCUT2D eigenvalue weighted by Gasteiger charge is -2.17. The normalized spacial score (nSPS) is 10.9. The number of carbonyl (C=O) groups is 1. The number of halogens is 3. The first-order chi connectivity index (χ1) is 16.3. The maximum atomic E-state index is 14.1. The van der Waals surface area contributed by atoms with Gasteiger partial charge < -0.3 is 19.1 Å². The molecule has 174 valence electrons. The van der Waals surface area contributed by atoms with Gasteiger partial charge in [0.1, 0.15) is 18.1 Å². The molecule has 0 unspecified atom stereocenters. The zero-order valence-corrected chi connectivity index (χ0v) is 19.1. The number of rotatable bonds is 6. The van der Waals surface area contributed by atoms with E-state index in [4.69, 9.17) is 21.1 Å². The summed E-state index contributed by atoms with van der Waals surface area (Å²) in [4.78, 5) is 12.1. The van der Waals surface area contributed by atoms with Crippen LogP contribution in [0.2, 0.25) is 5.02 Å². The number of aryl methyl sites for hydroxylation is 1. The predicted octanol–water partition coefficient (Wildman–Crippen LogP) is 6.46. The predicted molar refractivity (Wildman–Crippen MR) is 125 cm³/mol. The van der Waals surface area contributed by atoms with E-state index in [1.165, 1.54) is 31.4 Å². The standard InChI is InChI=1S/C26H20ClF2NO4/c1-15-6-8-23(30(15)19-10-17(26(32)33-2)11-20(31)13-19)21-12-18(27)7-9-24(21)34-14-16-4-3-5-22(28)25(16)29/h3-13,31H,14H2,1-2H3. The lowest BCUT2D eigenvalue weighted by molar-refractivity contribution is 0.0600. The molecule has 0 aliphatic carbocycles. The molecular weight excluding hydrogens is 464 g/mol. The van der Waals surface area contributed by atoms with Crippen molar-refractivity contribution in [1.82, 2.24) is 4.57 Å². The van der Waals surface area contributed by atoms with Crippen LogP contribution in [0.25, 0.3) is 16.9 Å². The number of aromatic nitrogens is 1. The summed E-state index contributed by atoms with van der Waals surface area (Å²) in [6.07, 6.45) is 0. The fraction of sp³-hybridized carbons (Fsp3) is 0.115. The molecule has 5 nitrogen and oxygen atoms in total. The number of hydrogen-bond acceptors (Lipinski definition) is 4. The average Bonchev–Trinajstić information content (AvgIpc) is 3.20. The second kappa shape index (κ2) is 9.57. The number of methoxy groups -OCH3 is 1. The van der Waals surface area contributed by atoms with Gasteiger partial charge in [0.2, 0.25) is 0 Å². The molecule has 0 saturated heterocycles. The summed E-state index contributed by atoms with van der Waals surface area (Å²) in [5.74, 6) is -2.23. The fourth-order valence-corrected chi connectivity index (χ4v) is 3.87. The van der Waals surface area contributed by atoms with Gasteiger partial charge in [0, 0.05) is 27.9 Å². The number of phenolic OH excluding ortho intramolecular Hbond substituents is 1. The lowest BCUT2D eigenvalue weighted by atomic mass is 10.1. The number of esters is 1. The SMILES string of the molecule is COC(=O)c1cc(O)cc(-n2c(C)ccc2-c2cc(Cl)ccc2OCc2cccc(F)c2F)c1. The molecule has 3 aromatic carbocycles. The highest BCUT2D eigenvalue weighted by molar-refractivity contribution is 6.31. The number of aromatic hydroxyl groups is 1. The molecule has 1 heterocycles. The van der Waals surface area contributed by atoms with E-state index in [0.717, 1.165) is 11.8 Å². The summed E-state index contributed by atoms with van der Waals surface area (Å²) in [6.45, 7) is 1.66. The van der Waals surface area contributed by atoms with E-state index < -0.39 is 17.6 Å². The van der Waals surface area contributed by atoms with Crippen molar-refractivity contribution >= 4 is 17.6 Å². The van der Waals surface area contributed by atoms with Crippen molar-refractivity contribution in [2.75, 3.05) is 7.11 Å². The Morgan fingerprint density at radius 1 is 1.06 bits per heavy atom. The zero-order valence-electron chi connectivity index (χ0n) is 18.3. The van der Waals surface area contributed by atoms with Crippen LogP contribution >= 0.6 is 11.6 Å². The van der Waals surface area contributed by atoms with Crippen molar-refractivity contribution in [3.63, 3.8) is 0 Å². The minimum Gasteiger partial charge on any atom is -0.508 e. The Hall–Kier alpha value is -3.84. The Labute approximate surface area is 199 Å². The number of carbonyl (C=O) groups excluding carboxylic acids is 1. The van der Waals surface area contributed by atoms with Crippen molar-refractivity contribution in [2.24, 2.45) is 0 Å². The quantitative estimate of drug-likeness (QED) is 0.320. The van der Waals surface area contributed by atoms with Crippen LogP contribution in [0.5, 0.6) is 11.5 Å². The van der Waals surface area contributed by atoms with Crippen molar-refractivity contribution in [1.29, 1.82) is 0 Å². The van der Waals surface area contributed by atoms with Crippen LogP contribution in [0.1, 0.15) is 21.6 Å². The van der Waals surface area contributed by atoms with Gasteiger partial charge in [-0.15, -0.1) is 0 Å². The molecule has 4 rings (SSSR count). The Morgan fingerprint density at radius 3 is 2.62 bits per heavy atom. The van der Waals surface area contributed by atoms with E-state index in [2.05, 4.69) is 0 Å². The van der Waals surface area contributed by atoms with Gasteiger partial charge in [-0.1, -0.05) is 23.7 Å². The molecule has 1 N–H and O–H groups in total. The molecule has 4 aromatic rings. The second-order valence-electron chi connectivity index (χ2n) is 7.57. The average molecular weight is 484 g/mol. The first-order valence-corrected chi connectivity index (χ1v) is 10.6. The number of phenols is 1. The topological polar surface area (TPSA) is 60.7 Å². The van der Waals surface area contributed by atoms with Crippen LogP contribution in [-0.2, 0) is 11.3 Å². The van der Waals surface area contributed by atoms with Gasteiger partial charge in [0.05, 0.1) is 24.1 Å². The largest absolute Gasteiger partial charge is 0.508 e. The van der Waals surface area contributed by atoms with Crippen molar-refractivity contribution in [2.45, 2.75) is 13.5 Å². The summed E-state index contributed by atoms with van der Waals surface area (Å²) in [5.41, 5.74) is 2.80. The molecule has 0 atom stereocenters. The van der Waals surface area contributed by atoms with Gasteiger partial charge in [-0.05, 0) is 55.5 Å². The maximum Gasteiger partial charge on any atom is 0.338 e. The van der Waals surface area contributed by atoms with Gasteiger partial charge in [-0.3, -0.25) is 0 Å². The fourth-order valence-electron chi connectivity index (χ4n) is 3.70. The van der Waals surface area contributed by atoms with Gasteiger partial charge in [0.15, 0.2) is 11.6 Å². The second-order valence-corrected chi connectivity index (χ2v) is 8.00. The van der Waals surface area contributed by atoms with Gasteiger partial charge >= 0.3 is 5.97 Å². The summed E-state index contributed by atoms with van der Waals surface area (Å²) in [5, 5.41) is 10.7. The van der Waals surface area contributed by atoms with Crippen LogP contribution < -0.4 is 4.74 Å². The number of benzene rings is 3. The number of ether oxygens (including phenoxy) is 2. The minimum atomic E-state index is -0.965. The molecule has 0 radical (unpaired) electrons. The van der Waals surface area contributed by atoms with Crippen LogP contribution in [-0.4, -0.2) is 22.8 Å². The molecule has 0 saturated carbocycles. The molecule has 0 spiro atoms. The van der Waals surface area contributed by atoms with E-state index >= 15 is 0 Å². The smallest absolute Gasteiger partial charge is 0.338 e. The summed E-state index contributed by atoms with van der Waals surface area (Å²) >= 11 is 6.27. The number of hydrogen-bond donors (Lipinski definition) is 1. The molecule has 0 fully saturated rings. The van der Waals surface area contributed by atoms with Gasteiger partial charge in [0.25, 0.3) is 0 Å². The summed E-state index contributed by atoms with van der Waals surface area (Å²) < 4.78 is 40.2. The Bertz CT molecular complexity index is 1380. The van der Waals surface area contributed by atoms with Crippen LogP contribution in [0.4, 0.5) is 8.78 Å². The molecule has 1 aromatic heterocycles. The highest BCUT2D eigenvalue weighted by Gasteiger charge is 2.18. The maximum absolute atomic E-state index is 14.1. The monoisotopic (exact) mass is 483 g/mol. The Kier molecular flexibility index (Phi) is 6.56. The highest BCUT2D eigenvalue weighted by atomic mass is 35.5. The van der Waals surface area contributed by atoms with E-state index in [0.29, 0.717) is 27.7 Å². The van der Waals surface area contributed by atoms with Crippen LogP contribution in [0.15, 0.2) is 66.7 Å². The molecule has 0 bridgehead atoms. The highest BCUT2D eigenvalue weighted by Crippen LogP contribution is 2.37.